The van der Waals surface area contributed by atoms with Gasteiger partial charge in [0, 0.05) is 0 Å². The molecule has 0 saturated carbocycles. The average Bonchev–Trinajstić information content (AvgIpc) is 3.03. The molecule has 0 saturated heterocycles. The fraction of sp³-hybridized carbons (Fsp3) is 0. The summed E-state index contributed by atoms with van der Waals surface area (Å²) in [4.78, 5) is 20.2. The number of nitrogens with zero attached hydrogens (tertiary/aromatic N) is 4. The van der Waals surface area contributed by atoms with Crippen molar-refractivity contribution in [3.8, 4) is 5.69 Å². The van der Waals surface area contributed by atoms with Gasteiger partial charge in [-0.2, -0.15) is 5.10 Å². The number of rotatable bonds is 3. The molecule has 0 aliphatic carbocycles. The Morgan fingerprint density at radius 1 is 1.09 bits per heavy atom. The second kappa shape index (κ2) is 6.54. The maximum absolute atomic E-state index is 12.4. The third kappa shape index (κ3) is 3.29. The molecule has 0 spiro atoms. The predicted octanol–water partition coefficient (Wildman–Crippen LogP) is 3.87. The van der Waals surface area contributed by atoms with Crippen LogP contribution in [0.15, 0.2) is 43.0 Å². The van der Waals surface area contributed by atoms with Crippen LogP contribution in [-0.4, -0.2) is 25.7 Å². The smallest absolute Gasteiger partial charge is 0.275 e. The fourth-order valence-electron chi connectivity index (χ4n) is 1.93. The molecular weight excluding hydrogens is 361 g/mol. The van der Waals surface area contributed by atoms with E-state index in [4.69, 9.17) is 34.8 Å². The molecule has 3 rings (SSSR count). The lowest BCUT2D eigenvalue weighted by atomic mass is 10.2. The maximum atomic E-state index is 12.4. The zero-order valence-electron chi connectivity index (χ0n) is 11.4. The van der Waals surface area contributed by atoms with Crippen LogP contribution in [0, 0.1) is 0 Å². The molecular formula is C14H8Cl3N5O. The number of amides is 1. The van der Waals surface area contributed by atoms with Crippen LogP contribution < -0.4 is 5.32 Å². The zero-order chi connectivity index (χ0) is 16.4. The first kappa shape index (κ1) is 15.7. The number of carbonyl (C=O) groups excluding carboxylic acids is 1. The van der Waals surface area contributed by atoms with Crippen molar-refractivity contribution in [2.24, 2.45) is 0 Å². The van der Waals surface area contributed by atoms with E-state index >= 15 is 0 Å². The van der Waals surface area contributed by atoms with Gasteiger partial charge < -0.3 is 5.32 Å². The SMILES string of the molecule is O=C(Nc1cccc(Cl)c1-n1cncn1)c1nc(Cl)ccc1Cl. The fourth-order valence-corrected chi connectivity index (χ4v) is 2.53. The highest BCUT2D eigenvalue weighted by atomic mass is 35.5. The third-order valence-corrected chi connectivity index (χ3v) is 3.73. The van der Waals surface area contributed by atoms with Crippen LogP contribution in [0.3, 0.4) is 0 Å². The van der Waals surface area contributed by atoms with Gasteiger partial charge in [0.1, 0.15) is 29.2 Å². The van der Waals surface area contributed by atoms with Gasteiger partial charge in [-0.1, -0.05) is 40.9 Å². The van der Waals surface area contributed by atoms with Crippen molar-refractivity contribution in [2.75, 3.05) is 5.32 Å². The third-order valence-electron chi connectivity index (χ3n) is 2.91. The highest BCUT2D eigenvalue weighted by molar-refractivity contribution is 6.35. The molecule has 0 aliphatic rings. The number of nitrogens with one attached hydrogen (secondary N) is 1. The molecule has 116 valence electrons. The summed E-state index contributed by atoms with van der Waals surface area (Å²) >= 11 is 18.0. The second-order valence-corrected chi connectivity index (χ2v) is 5.60. The summed E-state index contributed by atoms with van der Waals surface area (Å²) in [6, 6.07) is 8.06. The minimum Gasteiger partial charge on any atom is -0.319 e. The molecule has 9 heteroatoms. The monoisotopic (exact) mass is 367 g/mol. The van der Waals surface area contributed by atoms with Gasteiger partial charge in [0.15, 0.2) is 0 Å². The van der Waals surface area contributed by atoms with E-state index < -0.39 is 5.91 Å². The topological polar surface area (TPSA) is 72.7 Å². The number of halogens is 3. The molecule has 2 heterocycles. The van der Waals surface area contributed by atoms with Crippen LogP contribution in [0.2, 0.25) is 15.2 Å². The van der Waals surface area contributed by atoms with E-state index in [-0.39, 0.29) is 15.9 Å². The molecule has 23 heavy (non-hydrogen) atoms. The van der Waals surface area contributed by atoms with Crippen LogP contribution in [0.1, 0.15) is 10.5 Å². The van der Waals surface area contributed by atoms with E-state index in [9.17, 15) is 4.79 Å². The summed E-state index contributed by atoms with van der Waals surface area (Å²) in [5.41, 5.74) is 0.938. The molecule has 0 bridgehead atoms. The van der Waals surface area contributed by atoms with Crippen LogP contribution >= 0.6 is 34.8 Å². The van der Waals surface area contributed by atoms with Gasteiger partial charge in [-0.25, -0.2) is 14.6 Å². The van der Waals surface area contributed by atoms with E-state index in [1.807, 2.05) is 0 Å². The minimum absolute atomic E-state index is 0.0173. The van der Waals surface area contributed by atoms with Crippen molar-refractivity contribution in [3.63, 3.8) is 0 Å². The summed E-state index contributed by atoms with van der Waals surface area (Å²) in [6.45, 7) is 0. The van der Waals surface area contributed by atoms with Crippen LogP contribution in [0.5, 0.6) is 0 Å². The van der Waals surface area contributed by atoms with E-state index in [0.29, 0.717) is 16.4 Å². The van der Waals surface area contributed by atoms with Gasteiger partial charge in [0.05, 0.1) is 15.7 Å². The Kier molecular flexibility index (Phi) is 4.47. The predicted molar refractivity (Wildman–Crippen MR) is 88.6 cm³/mol. The van der Waals surface area contributed by atoms with E-state index in [1.54, 1.807) is 18.2 Å². The van der Waals surface area contributed by atoms with Crippen LogP contribution in [0.4, 0.5) is 5.69 Å². The quantitative estimate of drug-likeness (QED) is 0.712. The summed E-state index contributed by atoms with van der Waals surface area (Å²) in [7, 11) is 0. The number of aromatic nitrogens is 4. The van der Waals surface area contributed by atoms with Gasteiger partial charge in [0.25, 0.3) is 5.91 Å². The standard InChI is InChI=1S/C14H8Cl3N5O/c15-8-4-5-11(17)21-12(8)14(23)20-10-3-1-2-9(16)13(10)22-7-18-6-19-22/h1-7H,(H,20,23). The Hall–Kier alpha value is -2.15. The number of hydrogen-bond acceptors (Lipinski definition) is 4. The molecule has 0 aliphatic heterocycles. The summed E-state index contributed by atoms with van der Waals surface area (Å²) in [6.07, 6.45) is 2.84. The van der Waals surface area contributed by atoms with Gasteiger partial charge >= 0.3 is 0 Å². The van der Waals surface area contributed by atoms with E-state index in [2.05, 4.69) is 20.4 Å². The van der Waals surface area contributed by atoms with Crippen LogP contribution in [0.25, 0.3) is 5.69 Å². The summed E-state index contributed by atoms with van der Waals surface area (Å²) in [5, 5.41) is 7.49. The van der Waals surface area contributed by atoms with Crippen molar-refractivity contribution in [1.82, 2.24) is 19.7 Å². The summed E-state index contributed by atoms with van der Waals surface area (Å²) in [5.74, 6) is -0.513. The van der Waals surface area contributed by atoms with Crippen molar-refractivity contribution >= 4 is 46.4 Å². The normalized spacial score (nSPS) is 10.6. The van der Waals surface area contributed by atoms with E-state index in [1.165, 1.54) is 29.5 Å². The lowest BCUT2D eigenvalue weighted by molar-refractivity contribution is 0.102. The Morgan fingerprint density at radius 3 is 2.65 bits per heavy atom. The minimum atomic E-state index is -0.513. The number of anilines is 1. The van der Waals surface area contributed by atoms with Gasteiger partial charge in [-0.05, 0) is 24.3 Å². The van der Waals surface area contributed by atoms with E-state index in [0.717, 1.165) is 0 Å². The van der Waals surface area contributed by atoms with Crippen molar-refractivity contribution < 1.29 is 4.79 Å². The lowest BCUT2D eigenvalue weighted by Crippen LogP contribution is -2.16. The Labute approximate surface area is 146 Å². The number of hydrogen-bond donors (Lipinski definition) is 1. The zero-order valence-corrected chi connectivity index (χ0v) is 13.6. The van der Waals surface area contributed by atoms with Crippen molar-refractivity contribution in [1.29, 1.82) is 0 Å². The Bertz CT molecular complexity index is 867. The summed E-state index contributed by atoms with van der Waals surface area (Å²) < 4.78 is 1.45. The highest BCUT2D eigenvalue weighted by Gasteiger charge is 2.17. The van der Waals surface area contributed by atoms with Gasteiger partial charge in [-0.15, -0.1) is 0 Å². The molecule has 2 aromatic heterocycles. The first-order valence-corrected chi connectivity index (χ1v) is 7.46. The number of carbonyl (C=O) groups is 1. The van der Waals surface area contributed by atoms with Crippen molar-refractivity contribution in [3.05, 3.63) is 63.9 Å². The molecule has 1 amide bonds. The molecule has 0 unspecified atom stereocenters. The Morgan fingerprint density at radius 2 is 1.91 bits per heavy atom. The molecule has 0 atom stereocenters. The number of benzene rings is 1. The molecule has 3 aromatic rings. The lowest BCUT2D eigenvalue weighted by Gasteiger charge is -2.12. The highest BCUT2D eigenvalue weighted by Crippen LogP contribution is 2.28. The van der Waals surface area contributed by atoms with Gasteiger partial charge in [-0.3, -0.25) is 4.79 Å². The number of pyridine rings is 1. The second-order valence-electron chi connectivity index (χ2n) is 4.39. The molecule has 1 N–H and O–H groups in total. The number of para-hydroxylation sites is 1. The first-order valence-electron chi connectivity index (χ1n) is 6.33. The first-order chi connectivity index (χ1) is 11.1. The Balaban J connectivity index is 1.99. The maximum Gasteiger partial charge on any atom is 0.275 e. The van der Waals surface area contributed by atoms with Crippen LogP contribution in [-0.2, 0) is 0 Å². The molecule has 6 nitrogen and oxygen atoms in total. The van der Waals surface area contributed by atoms with Crippen molar-refractivity contribution in [2.45, 2.75) is 0 Å². The molecule has 1 aromatic carbocycles. The largest absolute Gasteiger partial charge is 0.319 e. The average molecular weight is 369 g/mol. The molecule has 0 radical (unpaired) electrons. The van der Waals surface area contributed by atoms with Gasteiger partial charge in [0.2, 0.25) is 0 Å². The molecule has 0 fully saturated rings.